The fraction of sp³-hybridized carbons (Fsp3) is 0.176. The third-order valence-corrected chi connectivity index (χ3v) is 3.41. The van der Waals surface area contributed by atoms with Crippen molar-refractivity contribution in [2.45, 2.75) is 20.8 Å². The second-order valence-electron chi connectivity index (χ2n) is 5.14. The van der Waals surface area contributed by atoms with Gasteiger partial charge in [-0.1, -0.05) is 12.1 Å². The average Bonchev–Trinajstić information content (AvgIpc) is 2.42. The zero-order chi connectivity index (χ0) is 16.1. The van der Waals surface area contributed by atoms with Crippen molar-refractivity contribution >= 4 is 40.3 Å². The maximum atomic E-state index is 11.1. The summed E-state index contributed by atoms with van der Waals surface area (Å²) in [5.74, 6) is -0.104. The van der Waals surface area contributed by atoms with Crippen molar-refractivity contribution in [3.8, 4) is 0 Å². The van der Waals surface area contributed by atoms with Gasteiger partial charge in [0, 0.05) is 24.0 Å². The summed E-state index contributed by atoms with van der Waals surface area (Å²) in [7, 11) is 0. The van der Waals surface area contributed by atoms with E-state index in [0.29, 0.717) is 5.11 Å². The quantitative estimate of drug-likeness (QED) is 0.748. The van der Waals surface area contributed by atoms with Gasteiger partial charge in [-0.25, -0.2) is 0 Å². The van der Waals surface area contributed by atoms with Gasteiger partial charge in [0.15, 0.2) is 5.11 Å². The number of aryl methyl sites for hydroxylation is 2. The normalized spacial score (nSPS) is 9.95. The molecule has 2 rings (SSSR count). The molecule has 4 nitrogen and oxygen atoms in total. The summed E-state index contributed by atoms with van der Waals surface area (Å²) in [6, 6.07) is 13.5. The van der Waals surface area contributed by atoms with Crippen LogP contribution in [-0.2, 0) is 4.79 Å². The van der Waals surface area contributed by atoms with E-state index in [0.717, 1.165) is 17.1 Å². The van der Waals surface area contributed by atoms with E-state index in [1.165, 1.54) is 18.1 Å². The fourth-order valence-electron chi connectivity index (χ4n) is 1.99. The topological polar surface area (TPSA) is 53.2 Å². The number of hydrogen-bond donors (Lipinski definition) is 3. The molecular formula is C17H19N3OS. The lowest BCUT2D eigenvalue weighted by molar-refractivity contribution is -0.114. The number of anilines is 3. The first kappa shape index (κ1) is 16.0. The lowest BCUT2D eigenvalue weighted by atomic mass is 10.1. The van der Waals surface area contributed by atoms with Gasteiger partial charge in [-0.2, -0.15) is 0 Å². The van der Waals surface area contributed by atoms with E-state index in [4.69, 9.17) is 12.2 Å². The Morgan fingerprint density at radius 3 is 2.05 bits per heavy atom. The van der Waals surface area contributed by atoms with Gasteiger partial charge in [-0.05, 0) is 67.5 Å². The third kappa shape index (κ3) is 4.56. The zero-order valence-electron chi connectivity index (χ0n) is 12.9. The first-order valence-corrected chi connectivity index (χ1v) is 7.38. The monoisotopic (exact) mass is 313 g/mol. The Morgan fingerprint density at radius 2 is 1.45 bits per heavy atom. The number of rotatable bonds is 3. The van der Waals surface area contributed by atoms with Crippen LogP contribution >= 0.6 is 12.2 Å². The van der Waals surface area contributed by atoms with E-state index in [9.17, 15) is 4.79 Å². The van der Waals surface area contributed by atoms with Crippen LogP contribution in [0.5, 0.6) is 0 Å². The molecule has 0 saturated heterocycles. The van der Waals surface area contributed by atoms with E-state index >= 15 is 0 Å². The molecule has 0 saturated carbocycles. The van der Waals surface area contributed by atoms with Crippen LogP contribution in [0.25, 0.3) is 0 Å². The van der Waals surface area contributed by atoms with E-state index < -0.39 is 0 Å². The summed E-state index contributed by atoms with van der Waals surface area (Å²) in [5.41, 5.74) is 4.94. The van der Waals surface area contributed by atoms with Gasteiger partial charge in [0.2, 0.25) is 5.91 Å². The molecule has 0 aliphatic rings. The average molecular weight is 313 g/mol. The van der Waals surface area contributed by atoms with Crippen molar-refractivity contribution in [1.29, 1.82) is 0 Å². The summed E-state index contributed by atoms with van der Waals surface area (Å²) in [6.07, 6.45) is 0. The van der Waals surface area contributed by atoms with Crippen LogP contribution in [0.15, 0.2) is 42.5 Å². The van der Waals surface area contributed by atoms with Crippen LogP contribution in [0.2, 0.25) is 0 Å². The predicted molar refractivity (Wildman–Crippen MR) is 96.5 cm³/mol. The molecule has 0 atom stereocenters. The number of thiocarbonyl (C=S) groups is 1. The van der Waals surface area contributed by atoms with Crippen molar-refractivity contribution in [1.82, 2.24) is 0 Å². The first-order valence-electron chi connectivity index (χ1n) is 6.97. The van der Waals surface area contributed by atoms with Crippen molar-refractivity contribution < 1.29 is 4.79 Å². The fourth-order valence-corrected chi connectivity index (χ4v) is 2.23. The maximum absolute atomic E-state index is 11.1. The van der Waals surface area contributed by atoms with Crippen LogP contribution in [0.4, 0.5) is 17.1 Å². The predicted octanol–water partition coefficient (Wildman–Crippen LogP) is 4.07. The second-order valence-corrected chi connectivity index (χ2v) is 5.55. The standard InChI is InChI=1S/C17H19N3OS/c1-11-7-8-16(9-12(11)2)20-17(22)19-15-6-4-5-14(10-15)18-13(3)21/h4-10H,1-3H3,(H,18,21)(H2,19,20,22). The molecule has 2 aromatic carbocycles. The number of benzene rings is 2. The van der Waals surface area contributed by atoms with E-state index in [-0.39, 0.29) is 5.91 Å². The number of hydrogen-bond acceptors (Lipinski definition) is 2. The molecule has 0 aliphatic heterocycles. The van der Waals surface area contributed by atoms with Gasteiger partial charge in [-0.15, -0.1) is 0 Å². The van der Waals surface area contributed by atoms with Gasteiger partial charge in [-0.3, -0.25) is 4.79 Å². The number of carbonyl (C=O) groups is 1. The highest BCUT2D eigenvalue weighted by Gasteiger charge is 2.02. The lowest BCUT2D eigenvalue weighted by Gasteiger charge is -2.12. The van der Waals surface area contributed by atoms with Crippen LogP contribution < -0.4 is 16.0 Å². The summed E-state index contributed by atoms with van der Waals surface area (Å²) in [6.45, 7) is 5.61. The summed E-state index contributed by atoms with van der Waals surface area (Å²) < 4.78 is 0. The molecule has 0 heterocycles. The number of amides is 1. The van der Waals surface area contributed by atoms with Crippen LogP contribution in [-0.4, -0.2) is 11.0 Å². The highest BCUT2D eigenvalue weighted by Crippen LogP contribution is 2.17. The molecule has 0 fully saturated rings. The van der Waals surface area contributed by atoms with Crippen molar-refractivity contribution in [3.63, 3.8) is 0 Å². The number of carbonyl (C=O) groups excluding carboxylic acids is 1. The number of nitrogens with one attached hydrogen (secondary N) is 3. The first-order chi connectivity index (χ1) is 10.4. The smallest absolute Gasteiger partial charge is 0.221 e. The maximum Gasteiger partial charge on any atom is 0.221 e. The molecule has 114 valence electrons. The summed E-state index contributed by atoms with van der Waals surface area (Å²) >= 11 is 5.32. The van der Waals surface area contributed by atoms with Crippen LogP contribution in [0, 0.1) is 13.8 Å². The molecule has 2 aromatic rings. The molecule has 0 radical (unpaired) electrons. The summed E-state index contributed by atoms with van der Waals surface area (Å²) in [4.78, 5) is 11.1. The molecule has 1 amide bonds. The van der Waals surface area contributed by atoms with Crippen LogP contribution in [0.1, 0.15) is 18.1 Å². The molecule has 0 aromatic heterocycles. The van der Waals surface area contributed by atoms with E-state index in [1.807, 2.05) is 30.3 Å². The molecule has 5 heteroatoms. The molecular weight excluding hydrogens is 294 g/mol. The van der Waals surface area contributed by atoms with E-state index in [2.05, 4.69) is 41.9 Å². The Balaban J connectivity index is 2.02. The third-order valence-electron chi connectivity index (χ3n) is 3.21. The van der Waals surface area contributed by atoms with Crippen molar-refractivity contribution in [2.24, 2.45) is 0 Å². The molecule has 0 spiro atoms. The Kier molecular flexibility index (Phi) is 5.12. The minimum Gasteiger partial charge on any atom is -0.332 e. The highest BCUT2D eigenvalue weighted by molar-refractivity contribution is 7.80. The highest BCUT2D eigenvalue weighted by atomic mass is 32.1. The lowest BCUT2D eigenvalue weighted by Crippen LogP contribution is -2.19. The molecule has 3 N–H and O–H groups in total. The Morgan fingerprint density at radius 1 is 0.864 bits per heavy atom. The van der Waals surface area contributed by atoms with Gasteiger partial charge < -0.3 is 16.0 Å². The van der Waals surface area contributed by atoms with Crippen LogP contribution in [0.3, 0.4) is 0 Å². The Bertz CT molecular complexity index is 713. The van der Waals surface area contributed by atoms with Gasteiger partial charge >= 0.3 is 0 Å². The van der Waals surface area contributed by atoms with Gasteiger partial charge in [0.1, 0.15) is 0 Å². The van der Waals surface area contributed by atoms with E-state index in [1.54, 1.807) is 0 Å². The minimum atomic E-state index is -0.104. The SMILES string of the molecule is CC(=O)Nc1cccc(NC(=S)Nc2ccc(C)c(C)c2)c1. The minimum absolute atomic E-state index is 0.104. The molecule has 0 bridgehead atoms. The van der Waals surface area contributed by atoms with Gasteiger partial charge in [0.25, 0.3) is 0 Å². The Labute approximate surface area is 135 Å². The zero-order valence-corrected chi connectivity index (χ0v) is 13.7. The molecule has 0 aliphatic carbocycles. The van der Waals surface area contributed by atoms with Crippen molar-refractivity contribution in [3.05, 3.63) is 53.6 Å². The molecule has 0 unspecified atom stereocenters. The largest absolute Gasteiger partial charge is 0.332 e. The second kappa shape index (κ2) is 7.04. The Hall–Kier alpha value is -2.40. The summed E-state index contributed by atoms with van der Waals surface area (Å²) in [5, 5.41) is 9.50. The van der Waals surface area contributed by atoms with Gasteiger partial charge in [0.05, 0.1) is 0 Å². The van der Waals surface area contributed by atoms with Crippen molar-refractivity contribution in [2.75, 3.05) is 16.0 Å². The molecule has 22 heavy (non-hydrogen) atoms.